The smallest absolute Gasteiger partial charge is 0.243 e. The quantitative estimate of drug-likeness (QED) is 0.0576. The molecule has 31 nitrogen and oxygen atoms in total. The van der Waals surface area contributed by atoms with Gasteiger partial charge in [0.15, 0.2) is 25.2 Å². The summed E-state index contributed by atoms with van der Waals surface area (Å²) in [6.45, 7) is -1.04. The first-order valence-electron chi connectivity index (χ1n) is 24.9. The maximum Gasteiger partial charge on any atom is 0.243 e. The third-order valence-corrected chi connectivity index (χ3v) is 14.9. The van der Waals surface area contributed by atoms with Crippen molar-refractivity contribution in [1.29, 1.82) is 0 Å². The van der Waals surface area contributed by atoms with E-state index in [1.807, 2.05) is 13.8 Å². The minimum absolute atomic E-state index is 0.160. The van der Waals surface area contributed by atoms with E-state index in [2.05, 4.69) is 10.6 Å². The molecule has 0 bridgehead atoms. The third kappa shape index (κ3) is 12.9. The van der Waals surface area contributed by atoms with Gasteiger partial charge in [-0.15, -0.1) is 0 Å². The Morgan fingerprint density at radius 1 is 0.545 bits per heavy atom. The number of hydrogen-bond acceptors (Lipinski definition) is 29. The molecule has 1 aromatic rings. The van der Waals surface area contributed by atoms with E-state index in [1.54, 1.807) is 12.1 Å². The molecule has 2 amide bonds. The highest BCUT2D eigenvalue weighted by atomic mass is 16.8. The molecule has 31 heteroatoms. The first-order valence-corrected chi connectivity index (χ1v) is 24.9. The van der Waals surface area contributed by atoms with E-state index in [4.69, 9.17) is 57.8 Å². The Kier molecular flexibility index (Phi) is 21.0. The molecule has 0 aromatic heterocycles. The molecule has 6 saturated heterocycles. The van der Waals surface area contributed by atoms with Gasteiger partial charge in [-0.1, -0.05) is 26.0 Å². The lowest BCUT2D eigenvalue weighted by Gasteiger charge is -2.49. The van der Waals surface area contributed by atoms with Crippen molar-refractivity contribution in [3.63, 3.8) is 0 Å². The average molecular weight is 1120 g/mol. The molecule has 1 aromatic carbocycles. The molecule has 0 saturated carbocycles. The van der Waals surface area contributed by atoms with Gasteiger partial charge in [-0.2, -0.15) is 0 Å². The van der Waals surface area contributed by atoms with Crippen LogP contribution in [0.1, 0.15) is 19.4 Å². The number of hydrogen-bond donors (Lipinski definition) is 18. The number of methoxy groups -OCH3 is 1. The fraction of sp³-hybridized carbons (Fsp3) is 0.826. The number of aliphatic hydroxyl groups excluding tert-OH is 15. The summed E-state index contributed by atoms with van der Waals surface area (Å²) in [6.07, 6.45) is -44.3. The van der Waals surface area contributed by atoms with Crippen molar-refractivity contribution in [1.82, 2.24) is 10.6 Å². The van der Waals surface area contributed by atoms with E-state index in [0.717, 1.165) is 5.56 Å². The van der Waals surface area contributed by atoms with E-state index >= 15 is 0 Å². The van der Waals surface area contributed by atoms with Crippen LogP contribution in [-0.2, 0) is 63.4 Å². The van der Waals surface area contributed by atoms with Crippen molar-refractivity contribution in [2.24, 2.45) is 11.1 Å². The molecule has 77 heavy (non-hydrogen) atoms. The number of carbonyl (C=O) groups is 2. The Bertz CT molecular complexity index is 2040. The normalized spacial score (nSPS) is 45.3. The fourth-order valence-corrected chi connectivity index (χ4v) is 10.2. The van der Waals surface area contributed by atoms with Gasteiger partial charge in [0.05, 0.1) is 39.6 Å². The average Bonchev–Trinajstić information content (AvgIpc) is 3.64. The number of carbonyl (C=O) groups excluding carboxylic acids is 2. The van der Waals surface area contributed by atoms with Crippen molar-refractivity contribution in [3.05, 3.63) is 29.8 Å². The van der Waals surface area contributed by atoms with E-state index in [1.165, 1.54) is 19.2 Å². The molecule has 6 heterocycles. The van der Waals surface area contributed by atoms with Crippen LogP contribution in [0.4, 0.5) is 0 Å². The SMILES string of the molecule is COC1C(CO)OC(OC2C(CO)OC(OC3C(CO)OC(OC4C(CO)OC(OC5C(CO)OC(Oc6ccc(CC7NC(=O)C(NC(=O)CN)C7(C)C)cc6)C(O)C5O)C(O)C4O)C(O)C3O)C(O)C2O)C(O)C1O. The Hall–Kier alpha value is -3.08. The van der Waals surface area contributed by atoms with Crippen LogP contribution in [0.15, 0.2) is 24.3 Å². The summed E-state index contributed by atoms with van der Waals surface area (Å²) in [5, 5.41) is 167. The summed E-state index contributed by atoms with van der Waals surface area (Å²) in [4.78, 5) is 24.6. The molecule has 0 spiro atoms. The summed E-state index contributed by atoms with van der Waals surface area (Å²) >= 11 is 0. The predicted molar refractivity (Wildman–Crippen MR) is 247 cm³/mol. The van der Waals surface area contributed by atoms with Crippen molar-refractivity contribution in [2.75, 3.05) is 46.7 Å². The highest BCUT2D eigenvalue weighted by Gasteiger charge is 2.57. The number of nitrogens with one attached hydrogen (secondary N) is 2. The second kappa shape index (κ2) is 26.2. The minimum Gasteiger partial charge on any atom is -0.462 e. The van der Waals surface area contributed by atoms with E-state index < -0.39 is 204 Å². The van der Waals surface area contributed by atoms with Crippen LogP contribution < -0.4 is 21.1 Å². The van der Waals surface area contributed by atoms with Crippen LogP contribution in [-0.4, -0.2) is 301 Å². The lowest BCUT2D eigenvalue weighted by atomic mass is 9.78. The molecule has 7 rings (SSSR count). The number of ether oxygens (including phenoxy) is 11. The number of benzene rings is 1. The van der Waals surface area contributed by atoms with Gasteiger partial charge in [0.1, 0.15) is 134 Å². The molecule has 19 N–H and O–H groups in total. The van der Waals surface area contributed by atoms with Gasteiger partial charge in [-0.3, -0.25) is 9.59 Å². The molecule has 0 aliphatic carbocycles. The number of amides is 2. The van der Waals surface area contributed by atoms with Gasteiger partial charge < -0.3 is 145 Å². The highest BCUT2D eigenvalue weighted by Crippen LogP contribution is 2.37. The first kappa shape index (κ1) is 61.5. The van der Waals surface area contributed by atoms with Gasteiger partial charge in [-0.25, -0.2) is 0 Å². The van der Waals surface area contributed by atoms with E-state index in [9.17, 15) is 86.2 Å². The summed E-state index contributed by atoms with van der Waals surface area (Å²) in [5.41, 5.74) is 5.49. The maximum absolute atomic E-state index is 12.7. The topological polar surface area (TPSA) is 489 Å². The highest BCUT2D eigenvalue weighted by molar-refractivity contribution is 5.91. The summed E-state index contributed by atoms with van der Waals surface area (Å²) in [6, 6.07) is 5.26. The lowest BCUT2D eigenvalue weighted by Crippen LogP contribution is -2.68. The number of nitrogens with two attached hydrogens (primary N) is 1. The molecule has 27 unspecified atom stereocenters. The predicted octanol–water partition coefficient (Wildman–Crippen LogP) is -10.7. The molecule has 440 valence electrons. The van der Waals surface area contributed by atoms with Gasteiger partial charge >= 0.3 is 0 Å². The summed E-state index contributed by atoms with van der Waals surface area (Å²) in [5.74, 6) is -0.669. The van der Waals surface area contributed by atoms with Crippen LogP contribution in [0.5, 0.6) is 5.75 Å². The lowest BCUT2D eigenvalue weighted by molar-refractivity contribution is -0.392. The molecule has 27 atom stereocenters. The van der Waals surface area contributed by atoms with Crippen LogP contribution in [0.3, 0.4) is 0 Å². The van der Waals surface area contributed by atoms with Crippen LogP contribution in [0, 0.1) is 5.41 Å². The van der Waals surface area contributed by atoms with E-state index in [-0.39, 0.29) is 24.2 Å². The fourth-order valence-electron chi connectivity index (χ4n) is 10.2. The zero-order valence-corrected chi connectivity index (χ0v) is 41.9. The molecule has 6 aliphatic rings. The van der Waals surface area contributed by atoms with Gasteiger partial charge in [0.25, 0.3) is 0 Å². The molecular formula is C46H73N3O28. The van der Waals surface area contributed by atoms with Crippen LogP contribution >= 0.6 is 0 Å². The van der Waals surface area contributed by atoms with Gasteiger partial charge in [0, 0.05) is 18.6 Å². The van der Waals surface area contributed by atoms with Crippen molar-refractivity contribution in [2.45, 2.75) is 186 Å². The zero-order chi connectivity index (χ0) is 56.4. The second-order valence-electron chi connectivity index (χ2n) is 20.2. The Labute approximate surface area is 439 Å². The van der Waals surface area contributed by atoms with Crippen molar-refractivity contribution >= 4 is 11.8 Å². The number of aliphatic hydroxyl groups is 15. The molecule has 6 aliphatic heterocycles. The standard InChI is InChI=1S/C46H73N3O28/c1-46(2)22(48-40(66)39(46)49-23(55)9-47)8-15-4-6-16(7-5-15)68-41-30(62)25(57)35(18(11-51)70-41)75-43-32(64)27(59)37(20(13-53)72-43)77-45-33(65)28(60)38(21(14-54)73-45)76-44-31(63)26(58)36(19(12-52)71-44)74-42-29(61)24(56)34(67-3)17(10-50)69-42/h4-7,17-22,24-39,41-45,50-54,56-65H,8-14,47H2,1-3H3,(H,48,66)(H,49,55). The minimum atomic E-state index is -2.14. The number of rotatable bonds is 20. The summed E-state index contributed by atoms with van der Waals surface area (Å²) in [7, 11) is 1.20. The Morgan fingerprint density at radius 3 is 1.21 bits per heavy atom. The van der Waals surface area contributed by atoms with Crippen LogP contribution in [0.25, 0.3) is 0 Å². The first-order chi connectivity index (χ1) is 36.6. The Morgan fingerprint density at radius 2 is 0.870 bits per heavy atom. The zero-order valence-electron chi connectivity index (χ0n) is 41.9. The molecular weight excluding hydrogens is 1040 g/mol. The largest absolute Gasteiger partial charge is 0.462 e. The van der Waals surface area contributed by atoms with Crippen LogP contribution in [0.2, 0.25) is 0 Å². The second-order valence-corrected chi connectivity index (χ2v) is 20.2. The van der Waals surface area contributed by atoms with Gasteiger partial charge in [0.2, 0.25) is 18.1 Å². The molecule has 0 radical (unpaired) electrons. The Balaban J connectivity index is 0.931. The summed E-state index contributed by atoms with van der Waals surface area (Å²) < 4.78 is 62.1. The van der Waals surface area contributed by atoms with Crippen molar-refractivity contribution < 1.29 is 138 Å². The maximum atomic E-state index is 12.7. The monoisotopic (exact) mass is 1120 g/mol. The van der Waals surface area contributed by atoms with Gasteiger partial charge in [-0.05, 0) is 24.1 Å². The molecule has 6 fully saturated rings. The third-order valence-electron chi connectivity index (χ3n) is 14.9. The van der Waals surface area contributed by atoms with E-state index in [0.29, 0.717) is 6.42 Å². The van der Waals surface area contributed by atoms with Crippen molar-refractivity contribution in [3.8, 4) is 5.75 Å².